The first-order valence-electron chi connectivity index (χ1n) is 9.08. The van der Waals surface area contributed by atoms with Crippen LogP contribution < -0.4 is 9.62 Å². The minimum Gasteiger partial charge on any atom is -0.324 e. The van der Waals surface area contributed by atoms with Crippen LogP contribution in [0.15, 0.2) is 76.1 Å². The van der Waals surface area contributed by atoms with Gasteiger partial charge < -0.3 is 5.32 Å². The lowest BCUT2D eigenvalue weighted by Gasteiger charge is -2.24. The van der Waals surface area contributed by atoms with Crippen molar-refractivity contribution in [2.45, 2.75) is 18.7 Å². The molecule has 0 bridgehead atoms. The molecule has 1 N–H and O–H groups in total. The second-order valence-electron chi connectivity index (χ2n) is 6.84. The maximum absolute atomic E-state index is 13.3. The highest BCUT2D eigenvalue weighted by Crippen LogP contribution is 2.27. The zero-order valence-corrected chi connectivity index (χ0v) is 19.6. The van der Waals surface area contributed by atoms with E-state index in [0.29, 0.717) is 20.9 Å². The molecule has 0 aliphatic heterocycles. The van der Waals surface area contributed by atoms with E-state index in [4.69, 9.17) is 11.6 Å². The van der Waals surface area contributed by atoms with Gasteiger partial charge in [0.25, 0.3) is 10.0 Å². The molecule has 0 spiro atoms. The van der Waals surface area contributed by atoms with E-state index in [-0.39, 0.29) is 11.4 Å². The zero-order valence-electron chi connectivity index (χ0n) is 16.4. The first kappa shape index (κ1) is 22.3. The van der Waals surface area contributed by atoms with Gasteiger partial charge in [-0.25, -0.2) is 8.42 Å². The van der Waals surface area contributed by atoms with Crippen LogP contribution in [0.4, 0.5) is 11.4 Å². The lowest BCUT2D eigenvalue weighted by Crippen LogP contribution is -2.38. The third-order valence-electron chi connectivity index (χ3n) is 4.42. The van der Waals surface area contributed by atoms with Gasteiger partial charge in [0, 0.05) is 10.2 Å². The quantitative estimate of drug-likeness (QED) is 0.475. The zero-order chi connectivity index (χ0) is 21.9. The van der Waals surface area contributed by atoms with Gasteiger partial charge in [-0.15, -0.1) is 0 Å². The molecule has 0 aromatic heterocycles. The fraction of sp³-hybridized carbons (Fsp3) is 0.136. The van der Waals surface area contributed by atoms with E-state index in [1.807, 2.05) is 13.8 Å². The molecule has 5 nitrogen and oxygen atoms in total. The number of sulfonamides is 1. The van der Waals surface area contributed by atoms with Gasteiger partial charge in [0.15, 0.2) is 0 Å². The summed E-state index contributed by atoms with van der Waals surface area (Å²) in [6, 6.07) is 18.5. The number of aryl methyl sites for hydroxylation is 2. The van der Waals surface area contributed by atoms with Crippen molar-refractivity contribution in [3.63, 3.8) is 0 Å². The van der Waals surface area contributed by atoms with Crippen molar-refractivity contribution < 1.29 is 13.2 Å². The van der Waals surface area contributed by atoms with Crippen LogP contribution in [0.1, 0.15) is 11.1 Å². The molecule has 3 aromatic rings. The first-order chi connectivity index (χ1) is 14.2. The lowest BCUT2D eigenvalue weighted by molar-refractivity contribution is -0.114. The summed E-state index contributed by atoms with van der Waals surface area (Å²) in [5.41, 5.74) is 2.82. The van der Waals surface area contributed by atoms with Crippen LogP contribution in [0.25, 0.3) is 0 Å². The van der Waals surface area contributed by atoms with Crippen LogP contribution in [0, 0.1) is 13.8 Å². The number of nitrogens with zero attached hydrogens (tertiary/aromatic N) is 1. The smallest absolute Gasteiger partial charge is 0.264 e. The number of hydrogen-bond donors (Lipinski definition) is 1. The molecule has 1 amide bonds. The highest BCUT2D eigenvalue weighted by atomic mass is 79.9. The molecule has 3 aromatic carbocycles. The monoisotopic (exact) mass is 506 g/mol. The second-order valence-corrected chi connectivity index (χ2v) is 9.96. The van der Waals surface area contributed by atoms with Crippen LogP contribution in [-0.2, 0) is 14.8 Å². The van der Waals surface area contributed by atoms with Crippen molar-refractivity contribution in [3.05, 3.63) is 87.4 Å². The molecule has 0 heterocycles. The van der Waals surface area contributed by atoms with Gasteiger partial charge in [-0.2, -0.15) is 0 Å². The number of nitrogens with one attached hydrogen (secondary N) is 1. The van der Waals surface area contributed by atoms with Crippen LogP contribution in [0.3, 0.4) is 0 Å². The van der Waals surface area contributed by atoms with E-state index in [2.05, 4.69) is 21.2 Å². The number of hydrogen-bond acceptors (Lipinski definition) is 3. The molecule has 0 aliphatic carbocycles. The van der Waals surface area contributed by atoms with Crippen molar-refractivity contribution in [1.82, 2.24) is 0 Å². The van der Waals surface area contributed by atoms with E-state index in [1.54, 1.807) is 54.6 Å². The summed E-state index contributed by atoms with van der Waals surface area (Å²) < 4.78 is 28.5. The second kappa shape index (κ2) is 9.20. The highest BCUT2D eigenvalue weighted by molar-refractivity contribution is 9.10. The molecule has 0 aliphatic rings. The number of carbonyl (C=O) groups is 1. The Bertz CT molecular complexity index is 1160. The number of halogens is 2. The van der Waals surface area contributed by atoms with E-state index < -0.39 is 15.9 Å². The number of benzene rings is 3. The van der Waals surface area contributed by atoms with E-state index in [0.717, 1.165) is 15.4 Å². The number of carbonyl (C=O) groups excluding carboxylic acids is 1. The number of rotatable bonds is 6. The largest absolute Gasteiger partial charge is 0.324 e. The molecule has 3 rings (SSSR count). The topological polar surface area (TPSA) is 66.5 Å². The normalized spacial score (nSPS) is 11.2. The molecular formula is C22H20BrClN2O3S. The number of anilines is 2. The van der Waals surface area contributed by atoms with E-state index in [9.17, 15) is 13.2 Å². The summed E-state index contributed by atoms with van der Waals surface area (Å²) in [6.07, 6.45) is 0. The van der Waals surface area contributed by atoms with Crippen molar-refractivity contribution in [2.24, 2.45) is 0 Å². The minimum atomic E-state index is -3.95. The standard InChI is InChI=1S/C22H20BrClN2O3S/c1-15-3-8-18(9-4-15)26(30(28,29)19-10-5-16(2)6-11-19)14-22(27)25-17-7-12-20(23)21(24)13-17/h3-13H,14H2,1-2H3,(H,25,27). The van der Waals surface area contributed by atoms with Gasteiger partial charge >= 0.3 is 0 Å². The molecule has 0 unspecified atom stereocenters. The van der Waals surface area contributed by atoms with Gasteiger partial charge in [-0.1, -0.05) is 47.0 Å². The molecule has 8 heteroatoms. The summed E-state index contributed by atoms with van der Waals surface area (Å²) in [4.78, 5) is 12.8. The van der Waals surface area contributed by atoms with Crippen LogP contribution >= 0.6 is 27.5 Å². The fourth-order valence-electron chi connectivity index (χ4n) is 2.77. The Kier molecular flexibility index (Phi) is 6.85. The average molecular weight is 508 g/mol. The summed E-state index contributed by atoms with van der Waals surface area (Å²) in [6.45, 7) is 3.41. The fourth-order valence-corrected chi connectivity index (χ4v) is 4.62. The number of amides is 1. The predicted octanol–water partition coefficient (Wildman–Crippen LogP) is 5.55. The summed E-state index contributed by atoms with van der Waals surface area (Å²) in [5, 5.41) is 3.14. The van der Waals surface area contributed by atoms with Crippen molar-refractivity contribution in [2.75, 3.05) is 16.2 Å². The molecule has 156 valence electrons. The Morgan fingerprint density at radius 3 is 2.10 bits per heavy atom. The van der Waals surface area contributed by atoms with Gasteiger partial charge in [0.2, 0.25) is 5.91 Å². The van der Waals surface area contributed by atoms with Gasteiger partial charge in [0.1, 0.15) is 6.54 Å². The summed E-state index contributed by atoms with van der Waals surface area (Å²) in [5.74, 6) is -0.482. The molecule has 0 saturated carbocycles. The van der Waals surface area contributed by atoms with Crippen LogP contribution in [-0.4, -0.2) is 20.9 Å². The van der Waals surface area contributed by atoms with Crippen LogP contribution in [0.2, 0.25) is 5.02 Å². The molecule has 0 radical (unpaired) electrons. The summed E-state index contributed by atoms with van der Waals surface area (Å²) >= 11 is 9.37. The minimum absolute atomic E-state index is 0.119. The van der Waals surface area contributed by atoms with Gasteiger partial charge in [-0.3, -0.25) is 9.10 Å². The van der Waals surface area contributed by atoms with Gasteiger partial charge in [-0.05, 0) is 72.2 Å². The SMILES string of the molecule is Cc1ccc(N(CC(=O)Nc2ccc(Br)c(Cl)c2)S(=O)(=O)c2ccc(C)cc2)cc1. The maximum Gasteiger partial charge on any atom is 0.264 e. The molecule has 0 saturated heterocycles. The molecule has 0 atom stereocenters. The Hall–Kier alpha value is -2.35. The molecule has 0 fully saturated rings. The molecular weight excluding hydrogens is 488 g/mol. The Labute approximate surface area is 189 Å². The summed E-state index contributed by atoms with van der Waals surface area (Å²) in [7, 11) is -3.95. The van der Waals surface area contributed by atoms with E-state index >= 15 is 0 Å². The Morgan fingerprint density at radius 1 is 0.967 bits per heavy atom. The Balaban J connectivity index is 1.93. The maximum atomic E-state index is 13.3. The first-order valence-corrected chi connectivity index (χ1v) is 11.7. The van der Waals surface area contributed by atoms with Crippen molar-refractivity contribution in [1.29, 1.82) is 0 Å². The highest BCUT2D eigenvalue weighted by Gasteiger charge is 2.27. The Morgan fingerprint density at radius 2 is 1.53 bits per heavy atom. The molecule has 30 heavy (non-hydrogen) atoms. The third kappa shape index (κ3) is 5.22. The van der Waals surface area contributed by atoms with Gasteiger partial charge in [0.05, 0.1) is 15.6 Å². The predicted molar refractivity (Wildman–Crippen MR) is 125 cm³/mol. The average Bonchev–Trinajstić information content (AvgIpc) is 2.70. The van der Waals surface area contributed by atoms with E-state index in [1.165, 1.54) is 12.1 Å². The van der Waals surface area contributed by atoms with Crippen LogP contribution in [0.5, 0.6) is 0 Å². The third-order valence-corrected chi connectivity index (χ3v) is 7.44. The van der Waals surface area contributed by atoms with Crippen molar-refractivity contribution in [3.8, 4) is 0 Å². The van der Waals surface area contributed by atoms with Crippen molar-refractivity contribution >= 4 is 54.8 Å². The lowest BCUT2D eigenvalue weighted by atomic mass is 10.2.